The van der Waals surface area contributed by atoms with E-state index in [9.17, 15) is 4.79 Å². The van der Waals surface area contributed by atoms with Gasteiger partial charge in [-0.1, -0.05) is 0 Å². The number of rotatable bonds is 5. The topological polar surface area (TPSA) is 86.0 Å². The summed E-state index contributed by atoms with van der Waals surface area (Å²) in [5.74, 6) is -0.797. The van der Waals surface area contributed by atoms with Gasteiger partial charge in [-0.15, -0.1) is 0 Å². The zero-order valence-electron chi connectivity index (χ0n) is 8.10. The van der Waals surface area contributed by atoms with Crippen molar-refractivity contribution in [2.45, 2.75) is 12.8 Å². The molecular formula is C10H11N3O2. The van der Waals surface area contributed by atoms with Crippen LogP contribution in [0.3, 0.4) is 0 Å². The summed E-state index contributed by atoms with van der Waals surface area (Å²) in [6.07, 6.45) is 2.27. The van der Waals surface area contributed by atoms with Crippen molar-refractivity contribution in [2.75, 3.05) is 11.9 Å². The molecule has 5 heteroatoms. The van der Waals surface area contributed by atoms with Crippen LogP contribution in [0.25, 0.3) is 0 Å². The molecule has 0 radical (unpaired) electrons. The molecule has 0 aliphatic heterocycles. The van der Waals surface area contributed by atoms with E-state index in [0.717, 1.165) is 5.69 Å². The molecule has 0 aliphatic carbocycles. The van der Waals surface area contributed by atoms with Gasteiger partial charge in [0.05, 0.1) is 11.9 Å². The van der Waals surface area contributed by atoms with Crippen LogP contribution in [0.2, 0.25) is 0 Å². The number of hydrogen-bond donors (Lipinski definition) is 2. The molecule has 0 aliphatic rings. The van der Waals surface area contributed by atoms with Crippen LogP contribution in [0.15, 0.2) is 18.3 Å². The highest BCUT2D eigenvalue weighted by atomic mass is 16.4. The molecule has 0 saturated carbocycles. The van der Waals surface area contributed by atoms with Crippen molar-refractivity contribution in [3.63, 3.8) is 0 Å². The van der Waals surface area contributed by atoms with E-state index in [1.54, 1.807) is 18.3 Å². The second-order valence-electron chi connectivity index (χ2n) is 2.97. The molecule has 15 heavy (non-hydrogen) atoms. The summed E-state index contributed by atoms with van der Waals surface area (Å²) in [6.45, 7) is 0.583. The Morgan fingerprint density at radius 3 is 2.93 bits per heavy atom. The van der Waals surface area contributed by atoms with Gasteiger partial charge in [-0.25, -0.2) is 4.98 Å². The number of anilines is 1. The maximum atomic E-state index is 10.2. The second-order valence-corrected chi connectivity index (χ2v) is 2.97. The Bertz CT molecular complexity index is 367. The average molecular weight is 205 g/mol. The van der Waals surface area contributed by atoms with Gasteiger partial charge in [0.2, 0.25) is 0 Å². The average Bonchev–Trinajstić information content (AvgIpc) is 2.25. The number of nitrogens with zero attached hydrogens (tertiary/aromatic N) is 2. The zero-order valence-corrected chi connectivity index (χ0v) is 8.10. The fraction of sp³-hybridized carbons (Fsp3) is 0.300. The third-order valence-corrected chi connectivity index (χ3v) is 1.77. The third-order valence-electron chi connectivity index (χ3n) is 1.77. The summed E-state index contributed by atoms with van der Waals surface area (Å²) < 4.78 is 0. The highest BCUT2D eigenvalue weighted by molar-refractivity contribution is 5.66. The molecule has 0 saturated heterocycles. The lowest BCUT2D eigenvalue weighted by atomic mass is 10.3. The van der Waals surface area contributed by atoms with Crippen molar-refractivity contribution in [1.29, 1.82) is 5.26 Å². The standard InChI is InChI=1S/C10H11N3O2/c11-6-8-3-4-9(7-13-8)12-5-1-2-10(14)15/h3-4,7,12H,1-2,5H2,(H,14,15). The molecule has 1 aromatic rings. The van der Waals surface area contributed by atoms with E-state index in [-0.39, 0.29) is 6.42 Å². The number of nitrogens with one attached hydrogen (secondary N) is 1. The summed E-state index contributed by atoms with van der Waals surface area (Å²) in [7, 11) is 0. The molecule has 1 heterocycles. The Labute approximate surface area is 87.4 Å². The van der Waals surface area contributed by atoms with E-state index < -0.39 is 5.97 Å². The summed E-state index contributed by atoms with van der Waals surface area (Å²) in [5, 5.41) is 19.9. The molecule has 0 bridgehead atoms. The minimum absolute atomic E-state index is 0.150. The lowest BCUT2D eigenvalue weighted by Gasteiger charge is -2.03. The quantitative estimate of drug-likeness (QED) is 0.706. The van der Waals surface area contributed by atoms with Crippen LogP contribution in [-0.4, -0.2) is 22.6 Å². The fourth-order valence-corrected chi connectivity index (χ4v) is 1.04. The highest BCUT2D eigenvalue weighted by Crippen LogP contribution is 2.05. The molecule has 78 valence electrons. The van der Waals surface area contributed by atoms with Crippen LogP contribution >= 0.6 is 0 Å². The van der Waals surface area contributed by atoms with Crippen LogP contribution in [0.5, 0.6) is 0 Å². The number of carboxylic acids is 1. The number of carbonyl (C=O) groups is 1. The molecule has 2 N–H and O–H groups in total. The smallest absolute Gasteiger partial charge is 0.303 e. The van der Waals surface area contributed by atoms with Gasteiger partial charge in [-0.3, -0.25) is 4.79 Å². The molecule has 1 aromatic heterocycles. The molecule has 1 rings (SSSR count). The van der Waals surface area contributed by atoms with Crippen molar-refractivity contribution in [1.82, 2.24) is 4.98 Å². The molecule has 0 aromatic carbocycles. The van der Waals surface area contributed by atoms with E-state index in [2.05, 4.69) is 10.3 Å². The van der Waals surface area contributed by atoms with Crippen LogP contribution in [0.1, 0.15) is 18.5 Å². The molecule has 5 nitrogen and oxygen atoms in total. The van der Waals surface area contributed by atoms with Crippen LogP contribution in [0.4, 0.5) is 5.69 Å². The number of aliphatic carboxylic acids is 1. The largest absolute Gasteiger partial charge is 0.481 e. The zero-order chi connectivity index (χ0) is 11.1. The predicted octanol–water partition coefficient (Wildman–Crippen LogP) is 1.23. The Morgan fingerprint density at radius 1 is 1.60 bits per heavy atom. The maximum Gasteiger partial charge on any atom is 0.303 e. The number of pyridine rings is 1. The number of carboxylic acid groups (broad SMARTS) is 1. The first kappa shape index (κ1) is 11.0. The number of nitriles is 1. The maximum absolute atomic E-state index is 10.2. The van der Waals surface area contributed by atoms with Gasteiger partial charge in [0.25, 0.3) is 0 Å². The van der Waals surface area contributed by atoms with Gasteiger partial charge in [-0.05, 0) is 18.6 Å². The van der Waals surface area contributed by atoms with Gasteiger partial charge in [0.15, 0.2) is 0 Å². The Hall–Kier alpha value is -2.09. The first-order valence-electron chi connectivity index (χ1n) is 4.54. The monoisotopic (exact) mass is 205 g/mol. The SMILES string of the molecule is N#Cc1ccc(NCCCC(=O)O)cn1. The Kier molecular flexibility index (Phi) is 4.10. The van der Waals surface area contributed by atoms with Gasteiger partial charge >= 0.3 is 5.97 Å². The molecule has 0 atom stereocenters. The van der Waals surface area contributed by atoms with Crippen molar-refractivity contribution < 1.29 is 9.90 Å². The first-order valence-corrected chi connectivity index (χ1v) is 4.54. The fourth-order valence-electron chi connectivity index (χ4n) is 1.04. The normalized spacial score (nSPS) is 9.27. The van der Waals surface area contributed by atoms with Crippen LogP contribution < -0.4 is 5.32 Å². The minimum Gasteiger partial charge on any atom is -0.481 e. The van der Waals surface area contributed by atoms with Gasteiger partial charge in [0, 0.05) is 13.0 Å². The van der Waals surface area contributed by atoms with Gasteiger partial charge in [-0.2, -0.15) is 5.26 Å². The van der Waals surface area contributed by atoms with Crippen LogP contribution in [-0.2, 0) is 4.79 Å². The molecule has 0 amide bonds. The minimum atomic E-state index is -0.797. The first-order chi connectivity index (χ1) is 7.22. The van der Waals surface area contributed by atoms with Crippen molar-refractivity contribution in [3.8, 4) is 6.07 Å². The predicted molar refractivity (Wildman–Crippen MR) is 54.3 cm³/mol. The molecule has 0 fully saturated rings. The molecule has 0 spiro atoms. The van der Waals surface area contributed by atoms with Crippen molar-refractivity contribution in [2.24, 2.45) is 0 Å². The Balaban J connectivity index is 2.32. The van der Waals surface area contributed by atoms with E-state index in [4.69, 9.17) is 10.4 Å². The summed E-state index contributed by atoms with van der Waals surface area (Å²) in [5.41, 5.74) is 1.16. The van der Waals surface area contributed by atoms with Crippen molar-refractivity contribution >= 4 is 11.7 Å². The van der Waals surface area contributed by atoms with E-state index in [0.29, 0.717) is 18.7 Å². The highest BCUT2D eigenvalue weighted by Gasteiger charge is 1.97. The third kappa shape index (κ3) is 4.09. The van der Waals surface area contributed by atoms with E-state index >= 15 is 0 Å². The van der Waals surface area contributed by atoms with E-state index in [1.165, 1.54) is 0 Å². The summed E-state index contributed by atoms with van der Waals surface area (Å²) >= 11 is 0. The molecular weight excluding hydrogens is 194 g/mol. The summed E-state index contributed by atoms with van der Waals surface area (Å²) in [6, 6.07) is 5.27. The van der Waals surface area contributed by atoms with E-state index in [1.807, 2.05) is 6.07 Å². The van der Waals surface area contributed by atoms with Gasteiger partial charge in [0.1, 0.15) is 11.8 Å². The second kappa shape index (κ2) is 5.60. The summed E-state index contributed by atoms with van der Waals surface area (Å²) in [4.78, 5) is 14.1. The van der Waals surface area contributed by atoms with Crippen LogP contribution in [0, 0.1) is 11.3 Å². The lowest BCUT2D eigenvalue weighted by Crippen LogP contribution is -2.05. The van der Waals surface area contributed by atoms with Crippen molar-refractivity contribution in [3.05, 3.63) is 24.0 Å². The number of aromatic nitrogens is 1. The molecule has 0 unspecified atom stereocenters. The Morgan fingerprint density at radius 2 is 2.40 bits per heavy atom. The van der Waals surface area contributed by atoms with Gasteiger partial charge < -0.3 is 10.4 Å². The lowest BCUT2D eigenvalue weighted by molar-refractivity contribution is -0.137. The number of hydrogen-bond acceptors (Lipinski definition) is 4.